The second-order valence-corrected chi connectivity index (χ2v) is 5.52. The lowest BCUT2D eigenvalue weighted by atomic mass is 9.69. The van der Waals surface area contributed by atoms with Gasteiger partial charge in [0.25, 0.3) is 0 Å². The highest BCUT2D eigenvalue weighted by atomic mass is 16.4. The molecule has 0 spiro atoms. The van der Waals surface area contributed by atoms with E-state index in [-0.39, 0.29) is 16.7 Å². The molecule has 0 radical (unpaired) electrons. The van der Waals surface area contributed by atoms with E-state index in [1.54, 1.807) is 0 Å². The number of carboxylic acid groups (broad SMARTS) is 1. The first-order valence-electron chi connectivity index (χ1n) is 5.25. The molecule has 0 heterocycles. The number of carbonyl (C=O) groups is 2. The minimum atomic E-state index is -1.12. The van der Waals surface area contributed by atoms with Crippen molar-refractivity contribution >= 4 is 11.9 Å². The largest absolute Gasteiger partial charge is 0.478 e. The third-order valence-electron chi connectivity index (χ3n) is 3.11. The minimum Gasteiger partial charge on any atom is -0.478 e. The van der Waals surface area contributed by atoms with Crippen molar-refractivity contribution in [1.82, 2.24) is 5.32 Å². The average molecular weight is 227 g/mol. The molecule has 0 saturated heterocycles. The summed E-state index contributed by atoms with van der Waals surface area (Å²) in [4.78, 5) is 21.5. The van der Waals surface area contributed by atoms with E-state index >= 15 is 0 Å². The monoisotopic (exact) mass is 227 g/mol. The van der Waals surface area contributed by atoms with Crippen LogP contribution < -0.4 is 5.32 Å². The van der Waals surface area contributed by atoms with E-state index in [0.717, 1.165) is 12.2 Å². The lowest BCUT2D eigenvalue weighted by Gasteiger charge is -2.38. The molecular weight excluding hydrogens is 206 g/mol. The van der Waals surface area contributed by atoms with Gasteiger partial charge in [-0.25, -0.2) is 4.79 Å². The number of aliphatic carboxylic acids is 1. The van der Waals surface area contributed by atoms with E-state index in [0.29, 0.717) is 6.54 Å². The molecule has 0 aromatic heterocycles. The van der Waals surface area contributed by atoms with Crippen LogP contribution in [-0.2, 0) is 9.59 Å². The second-order valence-electron chi connectivity index (χ2n) is 5.52. The van der Waals surface area contributed by atoms with Crippen LogP contribution in [0.2, 0.25) is 0 Å². The molecule has 0 aromatic rings. The molecule has 16 heavy (non-hydrogen) atoms. The smallest absolute Gasteiger partial charge is 0.328 e. The zero-order valence-corrected chi connectivity index (χ0v) is 10.6. The van der Waals surface area contributed by atoms with Crippen molar-refractivity contribution < 1.29 is 14.7 Å². The highest BCUT2D eigenvalue weighted by molar-refractivity contribution is 5.93. The third kappa shape index (κ3) is 4.96. The Morgan fingerprint density at radius 2 is 1.62 bits per heavy atom. The fourth-order valence-corrected chi connectivity index (χ4v) is 0.779. The molecule has 92 valence electrons. The van der Waals surface area contributed by atoms with E-state index in [2.05, 4.69) is 39.9 Å². The summed E-state index contributed by atoms with van der Waals surface area (Å²) in [7, 11) is 0. The highest BCUT2D eigenvalue weighted by Crippen LogP contribution is 2.36. The van der Waals surface area contributed by atoms with E-state index in [4.69, 9.17) is 5.11 Å². The fraction of sp³-hybridized carbons (Fsp3) is 0.667. The summed E-state index contributed by atoms with van der Waals surface area (Å²) in [6.45, 7) is 11.0. The molecule has 4 nitrogen and oxygen atoms in total. The van der Waals surface area contributed by atoms with Crippen molar-refractivity contribution in [1.29, 1.82) is 0 Å². The molecule has 0 unspecified atom stereocenters. The maximum atomic E-state index is 11.3. The van der Waals surface area contributed by atoms with Crippen molar-refractivity contribution in [3.8, 4) is 0 Å². The number of carbonyl (C=O) groups excluding carboxylic acids is 1. The number of hydrogen-bond donors (Lipinski definition) is 2. The number of hydrogen-bond acceptors (Lipinski definition) is 2. The maximum absolute atomic E-state index is 11.3. The number of rotatable bonds is 4. The van der Waals surface area contributed by atoms with Crippen LogP contribution in [0.15, 0.2) is 12.2 Å². The van der Waals surface area contributed by atoms with Crippen LogP contribution in [0.3, 0.4) is 0 Å². The van der Waals surface area contributed by atoms with Gasteiger partial charge >= 0.3 is 5.97 Å². The summed E-state index contributed by atoms with van der Waals surface area (Å²) in [5.41, 5.74) is 0.0104. The summed E-state index contributed by atoms with van der Waals surface area (Å²) < 4.78 is 0. The van der Waals surface area contributed by atoms with Crippen LogP contribution in [0, 0.1) is 10.8 Å². The molecule has 0 atom stereocenters. The van der Waals surface area contributed by atoms with Gasteiger partial charge < -0.3 is 10.4 Å². The molecule has 2 N–H and O–H groups in total. The van der Waals surface area contributed by atoms with Crippen molar-refractivity contribution in [2.24, 2.45) is 10.8 Å². The number of amides is 1. The fourth-order valence-electron chi connectivity index (χ4n) is 0.779. The van der Waals surface area contributed by atoms with Crippen molar-refractivity contribution in [2.45, 2.75) is 34.6 Å². The first kappa shape index (κ1) is 14.7. The van der Waals surface area contributed by atoms with E-state index in [9.17, 15) is 9.59 Å². The zero-order chi connectivity index (χ0) is 13.0. The Morgan fingerprint density at radius 1 is 1.12 bits per heavy atom. The van der Waals surface area contributed by atoms with Gasteiger partial charge in [-0.3, -0.25) is 4.79 Å². The van der Waals surface area contributed by atoms with E-state index in [1.165, 1.54) is 0 Å². The van der Waals surface area contributed by atoms with Gasteiger partial charge in [0.15, 0.2) is 0 Å². The average Bonchev–Trinajstić information content (AvgIpc) is 2.09. The zero-order valence-electron chi connectivity index (χ0n) is 10.6. The summed E-state index contributed by atoms with van der Waals surface area (Å²) in [5.74, 6) is -1.50. The molecule has 0 saturated carbocycles. The Balaban J connectivity index is 4.26. The molecule has 0 bridgehead atoms. The second kappa shape index (κ2) is 5.14. The van der Waals surface area contributed by atoms with Crippen molar-refractivity contribution in [2.75, 3.05) is 6.54 Å². The lowest BCUT2D eigenvalue weighted by molar-refractivity contribution is -0.131. The first-order chi connectivity index (χ1) is 7.06. The normalized spacial score (nSPS) is 12.8. The maximum Gasteiger partial charge on any atom is 0.328 e. The Hall–Kier alpha value is -1.32. The molecule has 0 aliphatic heterocycles. The Morgan fingerprint density at radius 3 is 2.00 bits per heavy atom. The van der Waals surface area contributed by atoms with E-state index in [1.807, 2.05) is 0 Å². The number of nitrogens with one attached hydrogen (secondary N) is 1. The summed E-state index contributed by atoms with van der Waals surface area (Å²) in [6.07, 6.45) is 1.86. The molecule has 0 aromatic carbocycles. The molecule has 0 aliphatic carbocycles. The first-order valence-corrected chi connectivity index (χ1v) is 5.25. The summed E-state index contributed by atoms with van der Waals surface area (Å²) in [6, 6.07) is 0. The van der Waals surface area contributed by atoms with Gasteiger partial charge in [0.05, 0.1) is 0 Å². The standard InChI is InChI=1S/C12H21NO3/c1-11(2,3)12(4,5)8-13-9(14)6-7-10(15)16/h6-7H,8H2,1-5H3,(H,13,14)(H,15,16)/b7-6+. The molecule has 0 rings (SSSR count). The van der Waals surface area contributed by atoms with Crippen LogP contribution in [0.4, 0.5) is 0 Å². The van der Waals surface area contributed by atoms with Crippen molar-refractivity contribution in [3.05, 3.63) is 12.2 Å². The highest BCUT2D eigenvalue weighted by Gasteiger charge is 2.32. The van der Waals surface area contributed by atoms with Gasteiger partial charge in [-0.2, -0.15) is 0 Å². The van der Waals surface area contributed by atoms with Crippen LogP contribution in [0.1, 0.15) is 34.6 Å². The van der Waals surface area contributed by atoms with Gasteiger partial charge in [0.2, 0.25) is 5.91 Å². The predicted molar refractivity (Wildman–Crippen MR) is 63.0 cm³/mol. The molecule has 1 amide bonds. The van der Waals surface area contributed by atoms with Crippen LogP contribution in [0.25, 0.3) is 0 Å². The number of carboxylic acids is 1. The Bertz CT molecular complexity index is 298. The quantitative estimate of drug-likeness (QED) is 0.720. The van der Waals surface area contributed by atoms with Crippen molar-refractivity contribution in [3.63, 3.8) is 0 Å². The third-order valence-corrected chi connectivity index (χ3v) is 3.11. The van der Waals surface area contributed by atoms with Gasteiger partial charge in [0.1, 0.15) is 0 Å². The van der Waals surface area contributed by atoms with Crippen LogP contribution >= 0.6 is 0 Å². The van der Waals surface area contributed by atoms with Gasteiger partial charge in [-0.1, -0.05) is 34.6 Å². The predicted octanol–water partition coefficient (Wildman–Crippen LogP) is 1.82. The molecular formula is C12H21NO3. The Labute approximate surface area is 96.7 Å². The summed E-state index contributed by atoms with van der Waals surface area (Å²) in [5, 5.41) is 11.0. The van der Waals surface area contributed by atoms with Crippen LogP contribution in [0.5, 0.6) is 0 Å². The van der Waals surface area contributed by atoms with Gasteiger partial charge in [-0.15, -0.1) is 0 Å². The Kier molecular flexibility index (Phi) is 4.72. The minimum absolute atomic E-state index is 0.0558. The van der Waals surface area contributed by atoms with Gasteiger partial charge in [-0.05, 0) is 10.8 Å². The molecule has 0 fully saturated rings. The molecule has 0 aliphatic rings. The molecule has 4 heteroatoms. The van der Waals surface area contributed by atoms with Crippen LogP contribution in [-0.4, -0.2) is 23.5 Å². The van der Waals surface area contributed by atoms with Gasteiger partial charge in [0, 0.05) is 18.7 Å². The SMILES string of the molecule is CC(C)(C)C(C)(C)CNC(=O)/C=C/C(=O)O. The topological polar surface area (TPSA) is 66.4 Å². The lowest BCUT2D eigenvalue weighted by Crippen LogP contribution is -2.41. The van der Waals surface area contributed by atoms with E-state index < -0.39 is 5.97 Å². The summed E-state index contributed by atoms with van der Waals surface area (Å²) >= 11 is 0.